The molecule has 1 atom stereocenters. The molecular formula is C21H26N2O6. The summed E-state index contributed by atoms with van der Waals surface area (Å²) in [5.74, 6) is -6.33. The third kappa shape index (κ3) is 5.28. The summed E-state index contributed by atoms with van der Waals surface area (Å²) in [7, 11) is 1.03. The van der Waals surface area contributed by atoms with Crippen LogP contribution in [-0.2, 0) is 23.9 Å². The largest absolute Gasteiger partial charge is 0.463 e. The number of hydrogen-bond donors (Lipinski definition) is 0. The summed E-state index contributed by atoms with van der Waals surface area (Å²) in [5.41, 5.74) is 0.762. The van der Waals surface area contributed by atoms with Crippen LogP contribution in [0.3, 0.4) is 0 Å². The molecule has 1 amide bonds. The second-order valence-corrected chi connectivity index (χ2v) is 6.67. The number of carbonyl (C=O) groups excluding carboxylic acids is 4. The number of esters is 1. The van der Waals surface area contributed by atoms with E-state index in [1.165, 1.54) is 4.90 Å². The lowest BCUT2D eigenvalue weighted by molar-refractivity contribution is -0.155. The van der Waals surface area contributed by atoms with Crippen molar-refractivity contribution < 1.29 is 28.3 Å². The number of amides is 1. The van der Waals surface area contributed by atoms with Crippen LogP contribution in [0.4, 0.5) is 0 Å². The molecule has 0 fully saturated rings. The van der Waals surface area contributed by atoms with Gasteiger partial charge in [-0.2, -0.15) is 0 Å². The van der Waals surface area contributed by atoms with Crippen molar-refractivity contribution >= 4 is 34.5 Å². The van der Waals surface area contributed by atoms with Gasteiger partial charge in [-0.15, -0.1) is 0 Å². The number of Topliss-reactive ketones (excluding diaryl/α,β-unsaturated/α-hetero) is 2. The van der Waals surface area contributed by atoms with Crippen molar-refractivity contribution in [2.45, 2.75) is 45.4 Å². The molecule has 1 aromatic heterocycles. The van der Waals surface area contributed by atoms with Crippen LogP contribution < -0.4 is 0 Å². The lowest BCUT2D eigenvalue weighted by atomic mass is 9.97. The molecule has 0 aliphatic rings. The highest BCUT2D eigenvalue weighted by Gasteiger charge is 2.42. The van der Waals surface area contributed by atoms with E-state index in [0.717, 1.165) is 32.8 Å². The number of methoxy groups -OCH3 is 1. The molecule has 0 spiro atoms. The van der Waals surface area contributed by atoms with Crippen LogP contribution in [0.5, 0.6) is 0 Å². The third-order valence-corrected chi connectivity index (χ3v) is 4.53. The van der Waals surface area contributed by atoms with Gasteiger partial charge in [0.1, 0.15) is 5.52 Å². The van der Waals surface area contributed by atoms with Gasteiger partial charge < -0.3 is 14.1 Å². The van der Waals surface area contributed by atoms with Gasteiger partial charge in [-0.25, -0.2) is 9.78 Å². The molecule has 1 unspecified atom stereocenters. The van der Waals surface area contributed by atoms with Crippen molar-refractivity contribution in [3.63, 3.8) is 0 Å². The average molecular weight is 402 g/mol. The highest BCUT2D eigenvalue weighted by molar-refractivity contribution is 6.50. The van der Waals surface area contributed by atoms with E-state index in [-0.39, 0.29) is 5.89 Å². The fraction of sp³-hybridized carbons (Fsp3) is 0.476. The van der Waals surface area contributed by atoms with Crippen LogP contribution in [0, 0.1) is 0 Å². The standard InChI is InChI=1S/C21H26N2O6/c1-4-6-12-23(13-7-5-2)20(26)17(24)16(18(25)21(27)28-3)19-22-14-10-8-9-11-15(14)29-19/h8-11,16H,4-7,12-13H2,1-3H3. The Morgan fingerprint density at radius 3 is 2.21 bits per heavy atom. The normalized spacial score (nSPS) is 11.8. The topological polar surface area (TPSA) is 107 Å². The van der Waals surface area contributed by atoms with E-state index < -0.39 is 29.4 Å². The predicted octanol–water partition coefficient (Wildman–Crippen LogP) is 2.65. The second kappa shape index (κ2) is 10.5. The van der Waals surface area contributed by atoms with E-state index in [4.69, 9.17) is 4.42 Å². The van der Waals surface area contributed by atoms with Gasteiger partial charge in [-0.1, -0.05) is 38.8 Å². The van der Waals surface area contributed by atoms with E-state index in [2.05, 4.69) is 9.72 Å². The first-order chi connectivity index (χ1) is 13.9. The smallest absolute Gasteiger partial charge is 0.375 e. The summed E-state index contributed by atoms with van der Waals surface area (Å²) in [6.45, 7) is 4.75. The summed E-state index contributed by atoms with van der Waals surface area (Å²) in [4.78, 5) is 56.0. The molecule has 2 rings (SSSR count). The number of fused-ring (bicyclic) bond motifs is 1. The van der Waals surface area contributed by atoms with E-state index in [9.17, 15) is 19.2 Å². The number of para-hydroxylation sites is 2. The highest BCUT2D eigenvalue weighted by Crippen LogP contribution is 2.24. The number of benzene rings is 1. The van der Waals surface area contributed by atoms with Crippen molar-refractivity contribution in [2.24, 2.45) is 0 Å². The van der Waals surface area contributed by atoms with Crippen LogP contribution in [0.25, 0.3) is 11.1 Å². The predicted molar refractivity (Wildman–Crippen MR) is 105 cm³/mol. The Hall–Kier alpha value is -3.03. The number of rotatable bonds is 11. The van der Waals surface area contributed by atoms with Gasteiger partial charge in [0.05, 0.1) is 7.11 Å². The Morgan fingerprint density at radius 1 is 1.03 bits per heavy atom. The third-order valence-electron chi connectivity index (χ3n) is 4.53. The molecule has 0 aliphatic carbocycles. The Kier molecular flexibility index (Phi) is 8.06. The van der Waals surface area contributed by atoms with Crippen molar-refractivity contribution in [3.05, 3.63) is 30.2 Å². The molecule has 1 heterocycles. The Labute approximate surface area is 169 Å². The highest BCUT2D eigenvalue weighted by atomic mass is 16.5. The first kappa shape index (κ1) is 22.3. The van der Waals surface area contributed by atoms with Crippen molar-refractivity contribution in [1.82, 2.24) is 9.88 Å². The molecule has 8 heteroatoms. The van der Waals surface area contributed by atoms with Gasteiger partial charge in [-0.05, 0) is 25.0 Å². The summed E-state index contributed by atoms with van der Waals surface area (Å²) >= 11 is 0. The molecule has 0 saturated heterocycles. The number of ketones is 2. The molecule has 8 nitrogen and oxygen atoms in total. The summed E-state index contributed by atoms with van der Waals surface area (Å²) in [6.07, 6.45) is 3.14. The number of carbonyl (C=O) groups is 4. The number of oxazole rings is 1. The maximum absolute atomic E-state index is 13.0. The second-order valence-electron chi connectivity index (χ2n) is 6.67. The van der Waals surface area contributed by atoms with Gasteiger partial charge >= 0.3 is 5.97 Å². The minimum atomic E-state index is -1.77. The summed E-state index contributed by atoms with van der Waals surface area (Å²) in [5, 5.41) is 0. The fourth-order valence-corrected chi connectivity index (χ4v) is 2.87. The lowest BCUT2D eigenvalue weighted by Gasteiger charge is -2.22. The van der Waals surface area contributed by atoms with Gasteiger partial charge in [0.15, 0.2) is 11.5 Å². The quantitative estimate of drug-likeness (QED) is 0.323. The summed E-state index contributed by atoms with van der Waals surface area (Å²) in [6, 6.07) is 6.68. The zero-order valence-corrected chi connectivity index (χ0v) is 17.0. The molecule has 0 N–H and O–H groups in total. The molecule has 0 bridgehead atoms. The SMILES string of the molecule is CCCCN(CCCC)C(=O)C(=O)C(C(=O)C(=O)OC)c1nc2ccccc2o1. The zero-order chi connectivity index (χ0) is 21.4. The van der Waals surface area contributed by atoms with Gasteiger partial charge in [-0.3, -0.25) is 14.4 Å². The Bertz CT molecular complexity index is 847. The average Bonchev–Trinajstić information content (AvgIpc) is 3.16. The van der Waals surface area contributed by atoms with E-state index in [1.807, 2.05) is 13.8 Å². The Morgan fingerprint density at radius 2 is 1.66 bits per heavy atom. The molecule has 0 aliphatic heterocycles. The number of hydrogen-bond acceptors (Lipinski definition) is 7. The molecule has 0 saturated carbocycles. The monoisotopic (exact) mass is 402 g/mol. The van der Waals surface area contributed by atoms with Crippen molar-refractivity contribution in [3.8, 4) is 0 Å². The van der Waals surface area contributed by atoms with E-state index in [1.54, 1.807) is 24.3 Å². The number of nitrogens with zero attached hydrogens (tertiary/aromatic N) is 2. The van der Waals surface area contributed by atoms with Crippen molar-refractivity contribution in [2.75, 3.05) is 20.2 Å². The number of unbranched alkanes of at least 4 members (excludes halogenated alkanes) is 2. The molecule has 156 valence electrons. The van der Waals surface area contributed by atoms with Gasteiger partial charge in [0.2, 0.25) is 11.7 Å². The van der Waals surface area contributed by atoms with Crippen LogP contribution >= 0.6 is 0 Å². The molecule has 1 aromatic carbocycles. The molecule has 2 aromatic rings. The molecular weight excluding hydrogens is 376 g/mol. The maximum Gasteiger partial charge on any atom is 0.375 e. The van der Waals surface area contributed by atoms with Crippen LogP contribution in [0.2, 0.25) is 0 Å². The first-order valence-corrected chi connectivity index (χ1v) is 9.75. The molecule has 29 heavy (non-hydrogen) atoms. The number of ether oxygens (including phenoxy) is 1. The molecule has 0 radical (unpaired) electrons. The summed E-state index contributed by atoms with van der Waals surface area (Å²) < 4.78 is 10.0. The minimum Gasteiger partial charge on any atom is -0.463 e. The van der Waals surface area contributed by atoms with Crippen LogP contribution in [-0.4, -0.2) is 53.5 Å². The van der Waals surface area contributed by atoms with E-state index >= 15 is 0 Å². The first-order valence-electron chi connectivity index (χ1n) is 9.75. The fourth-order valence-electron chi connectivity index (χ4n) is 2.87. The minimum absolute atomic E-state index is 0.286. The van der Waals surface area contributed by atoms with E-state index in [0.29, 0.717) is 24.2 Å². The van der Waals surface area contributed by atoms with Crippen molar-refractivity contribution in [1.29, 1.82) is 0 Å². The Balaban J connectivity index is 2.40. The lowest BCUT2D eigenvalue weighted by Crippen LogP contribution is -2.43. The van der Waals surface area contributed by atoms with Gasteiger partial charge in [0.25, 0.3) is 11.7 Å². The zero-order valence-electron chi connectivity index (χ0n) is 17.0. The maximum atomic E-state index is 13.0. The van der Waals surface area contributed by atoms with Gasteiger partial charge in [0, 0.05) is 13.1 Å². The van der Waals surface area contributed by atoms with Crippen LogP contribution in [0.15, 0.2) is 28.7 Å². The van der Waals surface area contributed by atoms with Crippen LogP contribution in [0.1, 0.15) is 51.3 Å². The number of aromatic nitrogens is 1.